The fourth-order valence-corrected chi connectivity index (χ4v) is 1.22. The van der Waals surface area contributed by atoms with Crippen molar-refractivity contribution in [3.63, 3.8) is 0 Å². The molecule has 86 valence electrons. The van der Waals surface area contributed by atoms with E-state index in [4.69, 9.17) is 15.0 Å². The summed E-state index contributed by atoms with van der Waals surface area (Å²) in [7, 11) is 1.69. The number of nitrogens with zero attached hydrogens (tertiary/aromatic N) is 3. The van der Waals surface area contributed by atoms with E-state index in [-0.39, 0.29) is 0 Å². The quantitative estimate of drug-likeness (QED) is 0.307. The predicted molar refractivity (Wildman–Crippen MR) is 61.5 cm³/mol. The van der Waals surface area contributed by atoms with E-state index in [1.54, 1.807) is 7.11 Å². The zero-order valence-corrected chi connectivity index (χ0v) is 9.30. The molecule has 0 radical (unpaired) electrons. The maximum atomic E-state index is 8.07. The van der Waals surface area contributed by atoms with Crippen molar-refractivity contribution >= 4 is 0 Å². The van der Waals surface area contributed by atoms with Crippen molar-refractivity contribution in [1.29, 1.82) is 0 Å². The molecule has 0 aliphatic heterocycles. The molecule has 0 saturated carbocycles. The number of rotatable bonds is 7. The predicted octanol–water partition coefficient (Wildman–Crippen LogP) is 2.56. The van der Waals surface area contributed by atoms with Gasteiger partial charge < -0.3 is 9.47 Å². The molecule has 0 aliphatic rings. The maximum Gasteiger partial charge on any atom is 0.119 e. The second-order valence-electron chi connectivity index (χ2n) is 3.19. The summed E-state index contributed by atoms with van der Waals surface area (Å²) in [5.74, 6) is 0.786. The zero-order chi connectivity index (χ0) is 11.6. The molecular formula is C11H15N3O2. The van der Waals surface area contributed by atoms with Gasteiger partial charge in [0.1, 0.15) is 5.75 Å². The second-order valence-corrected chi connectivity index (χ2v) is 3.19. The first kappa shape index (κ1) is 12.4. The molecule has 0 aliphatic carbocycles. The Balaban J connectivity index is 2.35. The van der Waals surface area contributed by atoms with Crippen molar-refractivity contribution in [2.24, 2.45) is 5.11 Å². The summed E-state index contributed by atoms with van der Waals surface area (Å²) in [6.07, 6.45) is 0.898. The van der Waals surface area contributed by atoms with Gasteiger partial charge in [0.25, 0.3) is 0 Å². The monoisotopic (exact) mass is 221 g/mol. The summed E-state index contributed by atoms with van der Waals surface area (Å²) in [4.78, 5) is 2.65. The lowest BCUT2D eigenvalue weighted by atomic mass is 10.1. The van der Waals surface area contributed by atoms with Gasteiger partial charge in [-0.15, -0.1) is 0 Å². The highest BCUT2D eigenvalue weighted by atomic mass is 16.5. The zero-order valence-electron chi connectivity index (χ0n) is 9.30. The number of methoxy groups -OCH3 is 1. The summed E-state index contributed by atoms with van der Waals surface area (Å²) in [5.41, 5.74) is 9.29. The van der Waals surface area contributed by atoms with Gasteiger partial charge in [-0.05, 0) is 29.6 Å². The topological polar surface area (TPSA) is 67.2 Å². The van der Waals surface area contributed by atoms with Gasteiger partial charge in [-0.25, -0.2) is 0 Å². The van der Waals surface area contributed by atoms with Crippen LogP contribution in [0.15, 0.2) is 29.4 Å². The van der Waals surface area contributed by atoms with E-state index in [0.717, 1.165) is 18.8 Å². The molecule has 0 saturated heterocycles. The molecular weight excluding hydrogens is 206 g/mol. The lowest BCUT2D eigenvalue weighted by molar-refractivity contribution is 0.202. The van der Waals surface area contributed by atoms with E-state index in [1.165, 1.54) is 5.56 Å². The van der Waals surface area contributed by atoms with E-state index < -0.39 is 0 Å². The van der Waals surface area contributed by atoms with Crippen LogP contribution in [-0.4, -0.2) is 26.9 Å². The third-order valence-corrected chi connectivity index (χ3v) is 2.04. The molecule has 0 atom stereocenters. The maximum absolute atomic E-state index is 8.07. The smallest absolute Gasteiger partial charge is 0.119 e. The van der Waals surface area contributed by atoms with Gasteiger partial charge in [0.15, 0.2) is 0 Å². The Morgan fingerprint density at radius 3 is 2.62 bits per heavy atom. The largest absolute Gasteiger partial charge is 0.493 e. The molecule has 0 spiro atoms. The molecule has 5 nitrogen and oxygen atoms in total. The van der Waals surface area contributed by atoms with Gasteiger partial charge >= 0.3 is 0 Å². The average Bonchev–Trinajstić information content (AvgIpc) is 2.33. The van der Waals surface area contributed by atoms with E-state index in [2.05, 4.69) is 10.0 Å². The normalized spacial score (nSPS) is 9.56. The van der Waals surface area contributed by atoms with Crippen molar-refractivity contribution in [2.75, 3.05) is 26.9 Å². The standard InChI is InChI=1S/C11H15N3O2/c1-15-8-6-10-2-4-11(5-3-10)16-9-7-13-14-12/h2-5H,6-9H2,1H3. The summed E-state index contributed by atoms with van der Waals surface area (Å²) in [6, 6.07) is 7.81. The molecule has 1 aromatic rings. The second kappa shape index (κ2) is 7.56. The molecule has 0 amide bonds. The summed E-state index contributed by atoms with van der Waals surface area (Å²) in [5, 5.41) is 3.38. The Kier molecular flexibility index (Phi) is 5.84. The lowest BCUT2D eigenvalue weighted by Crippen LogP contribution is -2.00. The molecule has 1 aromatic carbocycles. The minimum absolute atomic E-state index is 0.349. The van der Waals surface area contributed by atoms with Crippen LogP contribution in [0.1, 0.15) is 5.56 Å². The van der Waals surface area contributed by atoms with Crippen LogP contribution in [0.25, 0.3) is 10.4 Å². The molecule has 16 heavy (non-hydrogen) atoms. The Morgan fingerprint density at radius 1 is 1.25 bits per heavy atom. The molecule has 0 heterocycles. The van der Waals surface area contributed by atoms with Crippen molar-refractivity contribution < 1.29 is 9.47 Å². The Bertz CT molecular complexity index is 345. The highest BCUT2D eigenvalue weighted by Crippen LogP contribution is 2.12. The van der Waals surface area contributed by atoms with Crippen LogP contribution in [0.3, 0.4) is 0 Å². The first-order chi connectivity index (χ1) is 7.86. The molecule has 1 rings (SSSR count). The summed E-state index contributed by atoms with van der Waals surface area (Å²) < 4.78 is 10.4. The molecule has 0 N–H and O–H groups in total. The lowest BCUT2D eigenvalue weighted by Gasteiger charge is -2.05. The molecule has 0 fully saturated rings. The molecule has 5 heteroatoms. The number of hydrogen-bond acceptors (Lipinski definition) is 3. The summed E-state index contributed by atoms with van der Waals surface area (Å²) in [6.45, 7) is 1.47. The van der Waals surface area contributed by atoms with Gasteiger partial charge in [-0.1, -0.05) is 17.2 Å². The third kappa shape index (κ3) is 4.68. The van der Waals surface area contributed by atoms with Crippen LogP contribution in [0.2, 0.25) is 0 Å². The van der Waals surface area contributed by atoms with E-state index in [1.807, 2.05) is 24.3 Å². The van der Waals surface area contributed by atoms with Crippen LogP contribution in [-0.2, 0) is 11.2 Å². The van der Waals surface area contributed by atoms with Crippen LogP contribution < -0.4 is 4.74 Å². The van der Waals surface area contributed by atoms with Crippen LogP contribution in [0, 0.1) is 0 Å². The molecule has 0 bridgehead atoms. The number of azide groups is 1. The van der Waals surface area contributed by atoms with Gasteiger partial charge in [0, 0.05) is 12.0 Å². The highest BCUT2D eigenvalue weighted by Gasteiger charge is 1.95. The Hall–Kier alpha value is -1.71. The Labute approximate surface area is 94.6 Å². The van der Waals surface area contributed by atoms with Gasteiger partial charge in [0.05, 0.1) is 19.8 Å². The van der Waals surface area contributed by atoms with Crippen molar-refractivity contribution in [3.8, 4) is 5.75 Å². The molecule has 0 aromatic heterocycles. The number of ether oxygens (including phenoxy) is 2. The van der Waals surface area contributed by atoms with Crippen LogP contribution >= 0.6 is 0 Å². The summed E-state index contributed by atoms with van der Waals surface area (Å²) >= 11 is 0. The minimum Gasteiger partial charge on any atom is -0.493 e. The van der Waals surface area contributed by atoms with Crippen LogP contribution in [0.5, 0.6) is 5.75 Å². The highest BCUT2D eigenvalue weighted by molar-refractivity contribution is 5.27. The number of benzene rings is 1. The van der Waals surface area contributed by atoms with Crippen molar-refractivity contribution in [1.82, 2.24) is 0 Å². The SMILES string of the molecule is COCCc1ccc(OCCN=[N+]=[N-])cc1. The first-order valence-corrected chi connectivity index (χ1v) is 5.08. The Morgan fingerprint density at radius 2 is 2.00 bits per heavy atom. The van der Waals surface area contributed by atoms with Gasteiger partial charge in [-0.3, -0.25) is 0 Å². The van der Waals surface area contributed by atoms with E-state index in [0.29, 0.717) is 13.2 Å². The fourth-order valence-electron chi connectivity index (χ4n) is 1.22. The van der Waals surface area contributed by atoms with Crippen LogP contribution in [0.4, 0.5) is 0 Å². The van der Waals surface area contributed by atoms with Gasteiger partial charge in [0.2, 0.25) is 0 Å². The minimum atomic E-state index is 0.349. The van der Waals surface area contributed by atoms with Gasteiger partial charge in [-0.2, -0.15) is 0 Å². The first-order valence-electron chi connectivity index (χ1n) is 5.08. The fraction of sp³-hybridized carbons (Fsp3) is 0.455. The van der Waals surface area contributed by atoms with E-state index >= 15 is 0 Å². The van der Waals surface area contributed by atoms with E-state index in [9.17, 15) is 0 Å². The number of hydrogen-bond donors (Lipinski definition) is 0. The third-order valence-electron chi connectivity index (χ3n) is 2.04. The van der Waals surface area contributed by atoms with Crippen molar-refractivity contribution in [3.05, 3.63) is 40.3 Å². The average molecular weight is 221 g/mol. The molecule has 0 unspecified atom stereocenters. The van der Waals surface area contributed by atoms with Crippen molar-refractivity contribution in [2.45, 2.75) is 6.42 Å².